The fraction of sp³-hybridized carbons (Fsp3) is 0.296. The first-order chi connectivity index (χ1) is 17.2. The summed E-state index contributed by atoms with van der Waals surface area (Å²) in [4.78, 5) is 29.6. The van der Waals surface area contributed by atoms with Crippen LogP contribution >= 0.6 is 11.6 Å². The molecule has 0 spiro atoms. The number of aromatic nitrogens is 3. The van der Waals surface area contributed by atoms with Gasteiger partial charge in [-0.25, -0.2) is 19.2 Å². The standard InChI is InChI=1S/C27H28ClFN6O/c1-17(18-4-8-20(28)9-5-18)32-26(36)35-13-12-34(15-27(35,2)3)25-22-14-23(33-24(22)30-16-31-25)19-6-10-21(29)11-7-19/h4-11,14,16-17H,12-13,15H2,1-3H3,(H,32,36)(H,30,31,33). The first-order valence-corrected chi connectivity index (χ1v) is 12.3. The van der Waals surface area contributed by atoms with Crippen LogP contribution in [0.3, 0.4) is 0 Å². The van der Waals surface area contributed by atoms with Crippen molar-refractivity contribution in [3.8, 4) is 11.3 Å². The minimum Gasteiger partial charge on any atom is -0.352 e. The Labute approximate surface area is 214 Å². The number of anilines is 1. The Balaban J connectivity index is 1.33. The summed E-state index contributed by atoms with van der Waals surface area (Å²) in [5.41, 5.74) is 3.00. The lowest BCUT2D eigenvalue weighted by molar-refractivity contribution is 0.121. The summed E-state index contributed by atoms with van der Waals surface area (Å²) in [6.45, 7) is 7.88. The lowest BCUT2D eigenvalue weighted by atomic mass is 9.98. The number of amides is 2. The number of piperazine rings is 1. The highest BCUT2D eigenvalue weighted by atomic mass is 35.5. The van der Waals surface area contributed by atoms with Crippen molar-refractivity contribution in [2.24, 2.45) is 0 Å². The number of H-pyrrole nitrogens is 1. The van der Waals surface area contributed by atoms with E-state index in [2.05, 4.69) is 39.0 Å². The molecule has 186 valence electrons. The van der Waals surface area contributed by atoms with Crippen LogP contribution in [-0.4, -0.2) is 51.1 Å². The summed E-state index contributed by atoms with van der Waals surface area (Å²) in [6.07, 6.45) is 1.54. The number of benzene rings is 2. The minimum absolute atomic E-state index is 0.102. The first kappa shape index (κ1) is 24.1. The van der Waals surface area contributed by atoms with Crippen molar-refractivity contribution in [3.63, 3.8) is 0 Å². The SMILES string of the molecule is CC(NC(=O)N1CCN(c2ncnc3[nH]c(-c4ccc(F)cc4)cc23)CC1(C)C)c1ccc(Cl)cc1. The predicted octanol–water partition coefficient (Wildman–Crippen LogP) is 5.79. The molecule has 1 unspecified atom stereocenters. The summed E-state index contributed by atoms with van der Waals surface area (Å²) in [5, 5.41) is 4.68. The minimum atomic E-state index is -0.435. The molecule has 1 saturated heterocycles. The summed E-state index contributed by atoms with van der Waals surface area (Å²) < 4.78 is 13.4. The van der Waals surface area contributed by atoms with Crippen molar-refractivity contribution in [2.75, 3.05) is 24.5 Å². The van der Waals surface area contributed by atoms with E-state index in [0.29, 0.717) is 30.3 Å². The highest BCUT2D eigenvalue weighted by Crippen LogP contribution is 2.32. The van der Waals surface area contributed by atoms with Crippen molar-refractivity contribution in [1.82, 2.24) is 25.2 Å². The van der Waals surface area contributed by atoms with Gasteiger partial charge in [-0.3, -0.25) is 0 Å². The Kier molecular flexibility index (Phi) is 6.30. The van der Waals surface area contributed by atoms with Gasteiger partial charge in [0, 0.05) is 30.4 Å². The highest BCUT2D eigenvalue weighted by Gasteiger charge is 2.38. The van der Waals surface area contributed by atoms with Crippen LogP contribution in [0.1, 0.15) is 32.4 Å². The Bertz CT molecular complexity index is 1390. The topological polar surface area (TPSA) is 77.2 Å². The summed E-state index contributed by atoms with van der Waals surface area (Å²) in [6, 6.07) is 15.6. The number of carbonyl (C=O) groups excluding carboxylic acids is 1. The summed E-state index contributed by atoms with van der Waals surface area (Å²) in [7, 11) is 0. The molecule has 2 aromatic carbocycles. The molecule has 36 heavy (non-hydrogen) atoms. The van der Waals surface area contributed by atoms with Gasteiger partial charge in [0.05, 0.1) is 17.0 Å². The average molecular weight is 507 g/mol. The Morgan fingerprint density at radius 2 is 1.83 bits per heavy atom. The second-order valence-electron chi connectivity index (χ2n) is 9.76. The van der Waals surface area contributed by atoms with Gasteiger partial charge in [0.25, 0.3) is 0 Å². The van der Waals surface area contributed by atoms with Gasteiger partial charge < -0.3 is 20.1 Å². The molecule has 3 heterocycles. The van der Waals surface area contributed by atoms with E-state index in [1.165, 1.54) is 12.1 Å². The van der Waals surface area contributed by atoms with Crippen LogP contribution in [0.5, 0.6) is 0 Å². The zero-order valence-corrected chi connectivity index (χ0v) is 21.2. The van der Waals surface area contributed by atoms with Gasteiger partial charge in [0.1, 0.15) is 23.6 Å². The number of fused-ring (bicyclic) bond motifs is 1. The molecule has 0 aliphatic carbocycles. The van der Waals surface area contributed by atoms with Gasteiger partial charge in [0.2, 0.25) is 0 Å². The Morgan fingerprint density at radius 1 is 1.11 bits per heavy atom. The second-order valence-corrected chi connectivity index (χ2v) is 10.2. The predicted molar refractivity (Wildman–Crippen MR) is 141 cm³/mol. The zero-order chi connectivity index (χ0) is 25.4. The number of carbonyl (C=O) groups is 1. The second kappa shape index (κ2) is 9.43. The van der Waals surface area contributed by atoms with E-state index in [9.17, 15) is 9.18 Å². The number of hydrogen-bond donors (Lipinski definition) is 2. The summed E-state index contributed by atoms with van der Waals surface area (Å²) in [5.74, 6) is 0.536. The number of nitrogens with zero attached hydrogens (tertiary/aromatic N) is 4. The zero-order valence-electron chi connectivity index (χ0n) is 20.4. The van der Waals surface area contributed by atoms with Crippen molar-refractivity contribution in [3.05, 3.63) is 77.3 Å². The highest BCUT2D eigenvalue weighted by molar-refractivity contribution is 6.30. The molecule has 2 amide bonds. The molecule has 4 aromatic rings. The van der Waals surface area contributed by atoms with E-state index >= 15 is 0 Å². The third-order valence-electron chi connectivity index (χ3n) is 6.72. The van der Waals surface area contributed by atoms with E-state index in [1.54, 1.807) is 18.5 Å². The maximum absolute atomic E-state index is 13.4. The number of hydrogen-bond acceptors (Lipinski definition) is 4. The Morgan fingerprint density at radius 3 is 2.53 bits per heavy atom. The van der Waals surface area contributed by atoms with Crippen LogP contribution in [0.25, 0.3) is 22.3 Å². The fourth-order valence-electron chi connectivity index (χ4n) is 4.77. The van der Waals surface area contributed by atoms with Crippen molar-refractivity contribution >= 4 is 34.5 Å². The van der Waals surface area contributed by atoms with Crippen LogP contribution in [0.4, 0.5) is 15.0 Å². The third kappa shape index (κ3) is 4.73. The fourth-order valence-corrected chi connectivity index (χ4v) is 4.90. The average Bonchev–Trinajstić information content (AvgIpc) is 3.28. The maximum atomic E-state index is 13.4. The van der Waals surface area contributed by atoms with Gasteiger partial charge in [-0.2, -0.15) is 0 Å². The molecule has 2 aromatic heterocycles. The Hall–Kier alpha value is -3.65. The molecule has 5 rings (SSSR count). The van der Waals surface area contributed by atoms with Gasteiger partial charge in [-0.15, -0.1) is 0 Å². The quantitative estimate of drug-likeness (QED) is 0.367. The molecule has 7 nitrogen and oxygen atoms in total. The van der Waals surface area contributed by atoms with Crippen LogP contribution in [0.15, 0.2) is 60.9 Å². The lowest BCUT2D eigenvalue weighted by Gasteiger charge is -2.47. The number of aromatic amines is 1. The van der Waals surface area contributed by atoms with E-state index < -0.39 is 5.54 Å². The van der Waals surface area contributed by atoms with E-state index in [-0.39, 0.29) is 17.9 Å². The first-order valence-electron chi connectivity index (χ1n) is 11.9. The van der Waals surface area contributed by atoms with E-state index in [1.807, 2.05) is 42.2 Å². The van der Waals surface area contributed by atoms with Crippen molar-refractivity contribution in [2.45, 2.75) is 32.4 Å². The molecule has 9 heteroatoms. The normalized spacial score (nSPS) is 16.2. The van der Waals surface area contributed by atoms with Gasteiger partial charge in [-0.1, -0.05) is 23.7 Å². The molecule has 0 radical (unpaired) electrons. The van der Waals surface area contributed by atoms with E-state index in [4.69, 9.17) is 11.6 Å². The van der Waals surface area contributed by atoms with Crippen LogP contribution in [0.2, 0.25) is 5.02 Å². The largest absolute Gasteiger partial charge is 0.352 e. The van der Waals surface area contributed by atoms with Crippen molar-refractivity contribution < 1.29 is 9.18 Å². The maximum Gasteiger partial charge on any atom is 0.318 e. The number of urea groups is 1. The molecule has 1 fully saturated rings. The molecular formula is C27H28ClFN6O. The van der Waals surface area contributed by atoms with Crippen LogP contribution in [0, 0.1) is 5.82 Å². The van der Waals surface area contributed by atoms with Crippen molar-refractivity contribution in [1.29, 1.82) is 0 Å². The van der Waals surface area contributed by atoms with Crippen LogP contribution < -0.4 is 10.2 Å². The molecule has 1 aliphatic heterocycles. The van der Waals surface area contributed by atoms with Crippen LogP contribution in [-0.2, 0) is 0 Å². The molecule has 0 saturated carbocycles. The number of rotatable bonds is 4. The molecule has 2 N–H and O–H groups in total. The molecule has 0 bridgehead atoms. The lowest BCUT2D eigenvalue weighted by Crippen LogP contribution is -2.63. The summed E-state index contributed by atoms with van der Waals surface area (Å²) >= 11 is 6.00. The smallest absolute Gasteiger partial charge is 0.318 e. The molecular weight excluding hydrogens is 479 g/mol. The van der Waals surface area contributed by atoms with Gasteiger partial charge in [-0.05, 0) is 74.4 Å². The third-order valence-corrected chi connectivity index (χ3v) is 6.97. The van der Waals surface area contributed by atoms with E-state index in [0.717, 1.165) is 28.0 Å². The monoisotopic (exact) mass is 506 g/mol. The van der Waals surface area contributed by atoms with Gasteiger partial charge >= 0.3 is 6.03 Å². The number of nitrogens with one attached hydrogen (secondary N) is 2. The molecule has 1 aliphatic rings. The molecule has 1 atom stereocenters. The van der Waals surface area contributed by atoms with Gasteiger partial charge in [0.15, 0.2) is 0 Å². The number of halogens is 2.